The molecule has 0 bridgehead atoms. The predicted molar refractivity (Wildman–Crippen MR) is 77.1 cm³/mol. The fourth-order valence-corrected chi connectivity index (χ4v) is 2.77. The molecule has 0 spiro atoms. The highest BCUT2D eigenvalue weighted by Gasteiger charge is 2.05. The fraction of sp³-hybridized carbons (Fsp3) is 0.214. The number of nitrogens with zero attached hydrogens (tertiary/aromatic N) is 1. The Hall–Kier alpha value is -2.01. The Kier molecular flexibility index (Phi) is 3.37. The van der Waals surface area contributed by atoms with Gasteiger partial charge in [0.25, 0.3) is 0 Å². The highest BCUT2D eigenvalue weighted by Crippen LogP contribution is 2.29. The Morgan fingerprint density at radius 3 is 3.11 bits per heavy atom. The van der Waals surface area contributed by atoms with E-state index in [4.69, 9.17) is 9.15 Å². The molecule has 19 heavy (non-hydrogen) atoms. The molecule has 0 aliphatic carbocycles. The molecular weight excluding hydrogens is 260 g/mol. The van der Waals surface area contributed by atoms with Crippen LogP contribution in [0.2, 0.25) is 0 Å². The van der Waals surface area contributed by atoms with Crippen LogP contribution in [0.5, 0.6) is 5.75 Å². The fourth-order valence-electron chi connectivity index (χ4n) is 1.85. The van der Waals surface area contributed by atoms with Crippen LogP contribution in [0.3, 0.4) is 0 Å². The Morgan fingerprint density at radius 2 is 2.32 bits per heavy atom. The van der Waals surface area contributed by atoms with Crippen molar-refractivity contribution >= 4 is 26.7 Å². The van der Waals surface area contributed by atoms with Crippen LogP contribution in [0.15, 0.2) is 41.0 Å². The average molecular weight is 274 g/mol. The van der Waals surface area contributed by atoms with Crippen LogP contribution in [0.4, 0.5) is 5.13 Å². The number of furan rings is 1. The van der Waals surface area contributed by atoms with Crippen molar-refractivity contribution in [3.05, 3.63) is 42.4 Å². The summed E-state index contributed by atoms with van der Waals surface area (Å²) in [5, 5.41) is 4.24. The van der Waals surface area contributed by atoms with Crippen LogP contribution in [0.25, 0.3) is 10.2 Å². The number of aromatic nitrogens is 1. The monoisotopic (exact) mass is 274 g/mol. The number of thiazole rings is 1. The van der Waals surface area contributed by atoms with Crippen LogP contribution in [0, 0.1) is 0 Å². The molecule has 0 fully saturated rings. The molecule has 0 amide bonds. The minimum absolute atomic E-state index is 0.810. The first-order valence-corrected chi connectivity index (χ1v) is 6.87. The Morgan fingerprint density at radius 1 is 1.37 bits per heavy atom. The number of hydrogen-bond acceptors (Lipinski definition) is 5. The van der Waals surface area contributed by atoms with Crippen LogP contribution in [-0.2, 0) is 6.42 Å². The van der Waals surface area contributed by atoms with Gasteiger partial charge in [-0.15, -0.1) is 0 Å². The van der Waals surface area contributed by atoms with Crippen LogP contribution >= 0.6 is 11.3 Å². The average Bonchev–Trinajstić information content (AvgIpc) is 3.06. The lowest BCUT2D eigenvalue weighted by Gasteiger charge is -1.99. The number of anilines is 1. The van der Waals surface area contributed by atoms with Gasteiger partial charge in [0.15, 0.2) is 5.13 Å². The van der Waals surface area contributed by atoms with E-state index in [1.807, 2.05) is 30.3 Å². The van der Waals surface area contributed by atoms with Crippen molar-refractivity contribution in [3.63, 3.8) is 0 Å². The minimum Gasteiger partial charge on any atom is -0.497 e. The molecule has 0 saturated heterocycles. The van der Waals surface area contributed by atoms with Crippen molar-refractivity contribution < 1.29 is 9.15 Å². The van der Waals surface area contributed by atoms with Crippen molar-refractivity contribution in [3.8, 4) is 5.75 Å². The van der Waals surface area contributed by atoms with Crippen molar-refractivity contribution in [2.24, 2.45) is 0 Å². The summed E-state index contributed by atoms with van der Waals surface area (Å²) in [6.07, 6.45) is 2.55. The van der Waals surface area contributed by atoms with E-state index in [1.165, 1.54) is 0 Å². The second-order valence-electron chi connectivity index (χ2n) is 4.11. The maximum Gasteiger partial charge on any atom is 0.183 e. The number of hydrogen-bond donors (Lipinski definition) is 1. The SMILES string of the molecule is COc1ccc2nc(NCCc3ccco3)sc2c1. The molecule has 4 nitrogen and oxygen atoms in total. The topological polar surface area (TPSA) is 47.3 Å². The summed E-state index contributed by atoms with van der Waals surface area (Å²) in [4.78, 5) is 4.53. The van der Waals surface area contributed by atoms with Gasteiger partial charge in [0, 0.05) is 13.0 Å². The van der Waals surface area contributed by atoms with Gasteiger partial charge in [-0.3, -0.25) is 0 Å². The standard InChI is InChI=1S/C14H14N2O2S/c1-17-11-4-5-12-13(9-11)19-14(16-12)15-7-6-10-3-2-8-18-10/h2-5,8-9H,6-7H2,1H3,(H,15,16). The zero-order valence-electron chi connectivity index (χ0n) is 10.6. The van der Waals surface area contributed by atoms with Gasteiger partial charge in [0.1, 0.15) is 11.5 Å². The van der Waals surface area contributed by atoms with Gasteiger partial charge < -0.3 is 14.5 Å². The number of methoxy groups -OCH3 is 1. The van der Waals surface area contributed by atoms with Gasteiger partial charge in [-0.2, -0.15) is 0 Å². The van der Waals surface area contributed by atoms with E-state index < -0.39 is 0 Å². The molecule has 0 aliphatic rings. The molecule has 0 radical (unpaired) electrons. The van der Waals surface area contributed by atoms with Crippen molar-refractivity contribution in [2.75, 3.05) is 19.0 Å². The summed E-state index contributed by atoms with van der Waals surface area (Å²) in [5.74, 6) is 1.84. The molecule has 0 unspecified atom stereocenters. The highest BCUT2D eigenvalue weighted by molar-refractivity contribution is 7.22. The third kappa shape index (κ3) is 2.71. The third-order valence-electron chi connectivity index (χ3n) is 2.82. The van der Waals surface area contributed by atoms with Gasteiger partial charge in [0.05, 0.1) is 23.6 Å². The lowest BCUT2D eigenvalue weighted by atomic mass is 10.3. The summed E-state index contributed by atoms with van der Waals surface area (Å²) in [6.45, 7) is 0.810. The second-order valence-corrected chi connectivity index (χ2v) is 5.14. The maximum absolute atomic E-state index is 5.29. The van der Waals surface area contributed by atoms with Crippen LogP contribution in [-0.4, -0.2) is 18.6 Å². The molecule has 0 aliphatic heterocycles. The number of fused-ring (bicyclic) bond motifs is 1. The first-order chi connectivity index (χ1) is 9.35. The van der Waals surface area contributed by atoms with E-state index in [9.17, 15) is 0 Å². The van der Waals surface area contributed by atoms with Gasteiger partial charge in [-0.1, -0.05) is 11.3 Å². The van der Waals surface area contributed by atoms with E-state index >= 15 is 0 Å². The van der Waals surface area contributed by atoms with E-state index in [-0.39, 0.29) is 0 Å². The lowest BCUT2D eigenvalue weighted by molar-refractivity contribution is 0.415. The van der Waals surface area contributed by atoms with Gasteiger partial charge >= 0.3 is 0 Å². The normalized spacial score (nSPS) is 10.8. The summed E-state index contributed by atoms with van der Waals surface area (Å²) in [6, 6.07) is 9.78. The highest BCUT2D eigenvalue weighted by atomic mass is 32.1. The molecule has 1 aromatic carbocycles. The number of nitrogens with one attached hydrogen (secondary N) is 1. The predicted octanol–water partition coefficient (Wildman–Crippen LogP) is 3.55. The number of benzene rings is 1. The molecule has 3 aromatic rings. The van der Waals surface area contributed by atoms with Gasteiger partial charge in [-0.25, -0.2) is 4.98 Å². The molecule has 5 heteroatoms. The minimum atomic E-state index is 0.810. The smallest absolute Gasteiger partial charge is 0.183 e. The molecule has 0 saturated carbocycles. The lowest BCUT2D eigenvalue weighted by Crippen LogP contribution is -2.03. The van der Waals surface area contributed by atoms with Gasteiger partial charge in [-0.05, 0) is 30.3 Å². The van der Waals surface area contributed by atoms with E-state index in [0.29, 0.717) is 0 Å². The Labute approximate surface area is 115 Å². The van der Waals surface area contributed by atoms with Crippen molar-refractivity contribution in [1.29, 1.82) is 0 Å². The number of rotatable bonds is 5. The van der Waals surface area contributed by atoms with E-state index in [1.54, 1.807) is 24.7 Å². The Balaban J connectivity index is 1.67. The van der Waals surface area contributed by atoms with Crippen molar-refractivity contribution in [1.82, 2.24) is 4.98 Å². The third-order valence-corrected chi connectivity index (χ3v) is 3.80. The summed E-state index contributed by atoms with van der Waals surface area (Å²) in [5.41, 5.74) is 0.992. The molecule has 98 valence electrons. The molecule has 0 atom stereocenters. The summed E-state index contributed by atoms with van der Waals surface area (Å²) in [7, 11) is 1.67. The molecule has 2 aromatic heterocycles. The number of ether oxygens (including phenoxy) is 1. The van der Waals surface area contributed by atoms with Gasteiger partial charge in [0.2, 0.25) is 0 Å². The largest absolute Gasteiger partial charge is 0.497 e. The zero-order chi connectivity index (χ0) is 13.1. The summed E-state index contributed by atoms with van der Waals surface area (Å²) >= 11 is 1.63. The van der Waals surface area contributed by atoms with Crippen LogP contribution in [0.1, 0.15) is 5.76 Å². The zero-order valence-corrected chi connectivity index (χ0v) is 11.4. The molecular formula is C14H14N2O2S. The molecule has 2 heterocycles. The summed E-state index contributed by atoms with van der Waals surface area (Å²) < 4.78 is 11.6. The molecule has 1 N–H and O–H groups in total. The van der Waals surface area contributed by atoms with Crippen LogP contribution < -0.4 is 10.1 Å². The van der Waals surface area contributed by atoms with Crippen molar-refractivity contribution in [2.45, 2.75) is 6.42 Å². The van der Waals surface area contributed by atoms with E-state index in [0.717, 1.165) is 39.8 Å². The maximum atomic E-state index is 5.29. The first-order valence-electron chi connectivity index (χ1n) is 6.06. The Bertz CT molecular complexity index is 661. The second kappa shape index (κ2) is 5.32. The first kappa shape index (κ1) is 12.0. The molecule has 3 rings (SSSR count). The quantitative estimate of drug-likeness (QED) is 0.773. The van der Waals surface area contributed by atoms with E-state index in [2.05, 4.69) is 10.3 Å².